The van der Waals surface area contributed by atoms with Crippen molar-refractivity contribution < 1.29 is 22.4 Å². The number of carbonyl (C=O) groups excluding carboxylic acids is 1. The molecule has 0 spiro atoms. The van der Waals surface area contributed by atoms with E-state index in [1.165, 1.54) is 12.1 Å². The van der Waals surface area contributed by atoms with Gasteiger partial charge in [0, 0.05) is 24.8 Å². The maximum Gasteiger partial charge on any atom is 0.416 e. The lowest BCUT2D eigenvalue weighted by Crippen LogP contribution is -2.26. The molecule has 1 aromatic heterocycles. The molecule has 3 rings (SSSR count). The molecule has 0 radical (unpaired) electrons. The van der Waals surface area contributed by atoms with Gasteiger partial charge in [-0.1, -0.05) is 26.0 Å². The second kappa shape index (κ2) is 5.25. The first-order valence-electron chi connectivity index (χ1n) is 7.44. The quantitative estimate of drug-likeness (QED) is 0.775. The number of furan rings is 1. The van der Waals surface area contributed by atoms with E-state index >= 15 is 0 Å². The number of fused-ring (bicyclic) bond motifs is 1. The predicted octanol–water partition coefficient (Wildman–Crippen LogP) is 5.04. The number of alkyl halides is 3. The summed E-state index contributed by atoms with van der Waals surface area (Å²) in [6, 6.07) is 5.01. The molecule has 0 bridgehead atoms. The van der Waals surface area contributed by atoms with E-state index in [1.807, 2.05) is 13.8 Å². The zero-order chi connectivity index (χ0) is 16.8. The Bertz CT molecular complexity index is 737. The molecule has 2 nitrogen and oxygen atoms in total. The highest BCUT2D eigenvalue weighted by atomic mass is 19.4. The van der Waals surface area contributed by atoms with Crippen molar-refractivity contribution >= 4 is 5.78 Å². The molecule has 0 unspecified atom stereocenters. The highest BCUT2D eigenvalue weighted by Crippen LogP contribution is 2.37. The minimum absolute atomic E-state index is 0.0481. The Morgan fingerprint density at radius 1 is 1.13 bits per heavy atom. The van der Waals surface area contributed by atoms with Gasteiger partial charge in [0.15, 0.2) is 5.78 Å². The topological polar surface area (TPSA) is 30.2 Å². The molecule has 0 amide bonds. The number of carbonyl (C=O) groups is 1. The predicted molar refractivity (Wildman–Crippen MR) is 79.4 cm³/mol. The molecule has 5 heteroatoms. The van der Waals surface area contributed by atoms with Crippen molar-refractivity contribution in [3.8, 4) is 0 Å². The third-order valence-corrected chi connectivity index (χ3v) is 4.18. The summed E-state index contributed by atoms with van der Waals surface area (Å²) in [5.74, 6) is 0.736. The molecule has 1 aliphatic rings. The van der Waals surface area contributed by atoms with Crippen LogP contribution in [0.4, 0.5) is 13.2 Å². The first-order chi connectivity index (χ1) is 10.7. The molecule has 0 N–H and O–H groups in total. The van der Waals surface area contributed by atoms with Crippen molar-refractivity contribution in [3.63, 3.8) is 0 Å². The summed E-state index contributed by atoms with van der Waals surface area (Å²) in [6.07, 6.45) is -1.24. The smallest absolute Gasteiger partial charge is 0.416 e. The molecule has 1 heterocycles. The van der Waals surface area contributed by atoms with Crippen LogP contribution in [0, 0.1) is 5.41 Å². The third kappa shape index (κ3) is 3.19. The van der Waals surface area contributed by atoms with E-state index < -0.39 is 11.7 Å². The Kier molecular flexibility index (Phi) is 3.62. The molecule has 0 saturated heterocycles. The molecule has 0 atom stereocenters. The standard InChI is InChI=1S/C18H17F3O2/c1-17(2)8-14(22)16-12(10-23-15(16)9-17)7-11-3-5-13(6-4-11)18(19,20)21/h3-6,10H,7-9H2,1-2H3. The van der Waals surface area contributed by atoms with E-state index in [0.717, 1.165) is 23.3 Å². The van der Waals surface area contributed by atoms with E-state index in [2.05, 4.69) is 0 Å². The van der Waals surface area contributed by atoms with Crippen molar-refractivity contribution in [2.45, 2.75) is 39.3 Å². The van der Waals surface area contributed by atoms with Crippen LogP contribution in [0.3, 0.4) is 0 Å². The van der Waals surface area contributed by atoms with Crippen molar-refractivity contribution in [2.24, 2.45) is 5.41 Å². The third-order valence-electron chi connectivity index (χ3n) is 4.18. The van der Waals surface area contributed by atoms with Gasteiger partial charge < -0.3 is 4.42 Å². The second-order valence-corrected chi connectivity index (χ2v) is 6.87. The first-order valence-corrected chi connectivity index (χ1v) is 7.44. The fourth-order valence-electron chi connectivity index (χ4n) is 3.09. The highest BCUT2D eigenvalue weighted by molar-refractivity contribution is 6.00. The van der Waals surface area contributed by atoms with E-state index in [0.29, 0.717) is 30.6 Å². The number of Topliss-reactive ketones (excluding diaryl/α,β-unsaturated/α-hetero) is 1. The summed E-state index contributed by atoms with van der Waals surface area (Å²) in [4.78, 5) is 12.4. The number of ketones is 1. The van der Waals surface area contributed by atoms with E-state index in [4.69, 9.17) is 4.42 Å². The number of hydrogen-bond acceptors (Lipinski definition) is 2. The van der Waals surface area contributed by atoms with Crippen molar-refractivity contribution in [1.82, 2.24) is 0 Å². The highest BCUT2D eigenvalue weighted by Gasteiger charge is 2.35. The number of rotatable bonds is 2. The zero-order valence-electron chi connectivity index (χ0n) is 13.0. The van der Waals surface area contributed by atoms with Gasteiger partial charge in [0.25, 0.3) is 0 Å². The minimum atomic E-state index is -4.34. The van der Waals surface area contributed by atoms with Crippen LogP contribution < -0.4 is 0 Å². The fourth-order valence-corrected chi connectivity index (χ4v) is 3.09. The molecular formula is C18H17F3O2. The summed E-state index contributed by atoms with van der Waals surface area (Å²) >= 11 is 0. The molecular weight excluding hydrogens is 305 g/mol. The van der Waals surface area contributed by atoms with Gasteiger partial charge in [-0.05, 0) is 23.1 Å². The average molecular weight is 322 g/mol. The van der Waals surface area contributed by atoms with Crippen LogP contribution in [-0.4, -0.2) is 5.78 Å². The largest absolute Gasteiger partial charge is 0.468 e. The van der Waals surface area contributed by atoms with Gasteiger partial charge in [0.2, 0.25) is 0 Å². The van der Waals surface area contributed by atoms with E-state index in [1.54, 1.807) is 6.26 Å². The molecule has 2 aromatic rings. The Morgan fingerprint density at radius 2 is 1.78 bits per heavy atom. The Labute approximate surface area is 132 Å². The SMILES string of the molecule is CC1(C)CC(=O)c2c(Cc3ccc(C(F)(F)F)cc3)coc2C1. The Morgan fingerprint density at radius 3 is 2.39 bits per heavy atom. The summed E-state index contributed by atoms with van der Waals surface area (Å²) in [5.41, 5.74) is 1.30. The Balaban J connectivity index is 1.85. The minimum Gasteiger partial charge on any atom is -0.468 e. The monoisotopic (exact) mass is 322 g/mol. The number of benzene rings is 1. The van der Waals surface area contributed by atoms with Gasteiger partial charge in [0.05, 0.1) is 17.4 Å². The molecule has 122 valence electrons. The van der Waals surface area contributed by atoms with Crippen LogP contribution in [-0.2, 0) is 19.0 Å². The van der Waals surface area contributed by atoms with E-state index in [-0.39, 0.29) is 11.2 Å². The van der Waals surface area contributed by atoms with Crippen molar-refractivity contribution in [2.75, 3.05) is 0 Å². The molecule has 1 aromatic carbocycles. The van der Waals surface area contributed by atoms with Crippen LogP contribution in [0.15, 0.2) is 34.9 Å². The van der Waals surface area contributed by atoms with Crippen LogP contribution in [0.5, 0.6) is 0 Å². The molecule has 23 heavy (non-hydrogen) atoms. The molecule has 1 aliphatic carbocycles. The van der Waals surface area contributed by atoms with Crippen molar-refractivity contribution in [1.29, 1.82) is 0 Å². The van der Waals surface area contributed by atoms with Gasteiger partial charge >= 0.3 is 6.18 Å². The van der Waals surface area contributed by atoms with Crippen LogP contribution in [0.2, 0.25) is 0 Å². The first kappa shape index (κ1) is 15.8. The van der Waals surface area contributed by atoms with Gasteiger partial charge in [-0.2, -0.15) is 13.2 Å². The zero-order valence-corrected chi connectivity index (χ0v) is 13.0. The summed E-state index contributed by atoms with van der Waals surface area (Å²) in [7, 11) is 0. The number of hydrogen-bond donors (Lipinski definition) is 0. The van der Waals surface area contributed by atoms with Gasteiger partial charge in [-0.3, -0.25) is 4.79 Å². The Hall–Kier alpha value is -2.04. The summed E-state index contributed by atoms with van der Waals surface area (Å²) < 4.78 is 43.3. The van der Waals surface area contributed by atoms with Crippen LogP contribution in [0.25, 0.3) is 0 Å². The molecule has 0 fully saturated rings. The van der Waals surface area contributed by atoms with Crippen molar-refractivity contribution in [3.05, 3.63) is 58.5 Å². The summed E-state index contributed by atoms with van der Waals surface area (Å²) in [5, 5.41) is 0. The lowest BCUT2D eigenvalue weighted by molar-refractivity contribution is -0.137. The molecule has 0 aliphatic heterocycles. The van der Waals surface area contributed by atoms with Crippen LogP contribution >= 0.6 is 0 Å². The maximum atomic E-state index is 12.6. The fraction of sp³-hybridized carbons (Fsp3) is 0.389. The lowest BCUT2D eigenvalue weighted by Gasteiger charge is -2.27. The number of halogens is 3. The van der Waals surface area contributed by atoms with Gasteiger partial charge in [-0.15, -0.1) is 0 Å². The normalized spacial score (nSPS) is 17.2. The summed E-state index contributed by atoms with van der Waals surface area (Å²) in [6.45, 7) is 4.04. The molecule has 0 saturated carbocycles. The van der Waals surface area contributed by atoms with Gasteiger partial charge in [-0.25, -0.2) is 0 Å². The van der Waals surface area contributed by atoms with E-state index in [9.17, 15) is 18.0 Å². The lowest BCUT2D eigenvalue weighted by atomic mass is 9.75. The second-order valence-electron chi connectivity index (χ2n) is 6.87. The maximum absolute atomic E-state index is 12.6. The van der Waals surface area contributed by atoms with Gasteiger partial charge in [0.1, 0.15) is 5.76 Å². The average Bonchev–Trinajstić information content (AvgIpc) is 2.79. The van der Waals surface area contributed by atoms with Crippen LogP contribution in [0.1, 0.15) is 53.1 Å².